The maximum atomic E-state index is 12.0. The number of amides is 3. The van der Waals surface area contributed by atoms with Crippen LogP contribution in [0.5, 0.6) is 11.5 Å². The molecule has 0 aromatic heterocycles. The van der Waals surface area contributed by atoms with Crippen LogP contribution in [0, 0.1) is 0 Å². The van der Waals surface area contributed by atoms with Crippen LogP contribution < -0.4 is 21.7 Å². The summed E-state index contributed by atoms with van der Waals surface area (Å²) in [5, 5.41) is 34.8. The van der Waals surface area contributed by atoms with Gasteiger partial charge in [0.25, 0.3) is 0 Å². The molecule has 8 N–H and O–H groups in total. The summed E-state index contributed by atoms with van der Waals surface area (Å²) in [6.07, 6.45) is 0.192. The summed E-state index contributed by atoms with van der Waals surface area (Å²) in [5.74, 6) is -3.07. The van der Waals surface area contributed by atoms with Gasteiger partial charge in [-0.05, 0) is 41.8 Å². The Hall–Kier alpha value is -4.12. The van der Waals surface area contributed by atoms with Crippen molar-refractivity contribution in [3.05, 3.63) is 59.7 Å². The number of carboxylic acids is 1. The van der Waals surface area contributed by atoms with Crippen molar-refractivity contribution in [1.82, 2.24) is 16.0 Å². The van der Waals surface area contributed by atoms with E-state index in [4.69, 9.17) is 5.73 Å². The molecule has 2 unspecified atom stereocenters. The van der Waals surface area contributed by atoms with E-state index in [1.165, 1.54) is 36.4 Å². The lowest BCUT2D eigenvalue weighted by atomic mass is 10.1. The average Bonchev–Trinajstić information content (AvgIpc) is 2.78. The van der Waals surface area contributed by atoms with Crippen LogP contribution in [0.25, 0.3) is 0 Å². The molecule has 0 bridgehead atoms. The molecule has 2 aromatic rings. The van der Waals surface area contributed by atoms with Crippen LogP contribution in [-0.2, 0) is 32.0 Å². The molecule has 176 valence electrons. The molecule has 0 heterocycles. The van der Waals surface area contributed by atoms with E-state index in [1.54, 1.807) is 12.1 Å². The fourth-order valence-corrected chi connectivity index (χ4v) is 2.83. The number of hydrogen-bond donors (Lipinski definition) is 7. The van der Waals surface area contributed by atoms with Crippen molar-refractivity contribution in [1.29, 1.82) is 0 Å². The van der Waals surface area contributed by atoms with Gasteiger partial charge < -0.3 is 37.0 Å². The minimum absolute atomic E-state index is 0.00965. The van der Waals surface area contributed by atoms with Crippen LogP contribution in [-0.4, -0.2) is 64.2 Å². The summed E-state index contributed by atoms with van der Waals surface area (Å²) in [6, 6.07) is 9.93. The molecule has 33 heavy (non-hydrogen) atoms. The standard InChI is InChI=1S/C22H26N4O7/c23-17(9-13-1-5-15(27)6-2-13)21(31)25-11-19(29)24-12-20(30)26-18(22(32)33)10-14-3-7-16(28)8-4-14/h1-8,17-18,27-28H,9-12,23H2,(H,24,29)(H,25,31)(H,26,30)(H,32,33). The highest BCUT2D eigenvalue weighted by molar-refractivity contribution is 5.90. The highest BCUT2D eigenvalue weighted by Crippen LogP contribution is 2.12. The van der Waals surface area contributed by atoms with Crippen molar-refractivity contribution in [2.45, 2.75) is 24.9 Å². The smallest absolute Gasteiger partial charge is 0.326 e. The Morgan fingerprint density at radius 2 is 1.24 bits per heavy atom. The van der Waals surface area contributed by atoms with Gasteiger partial charge in [-0.2, -0.15) is 0 Å². The number of phenols is 2. The summed E-state index contributed by atoms with van der Waals surface area (Å²) in [4.78, 5) is 47.4. The fourth-order valence-electron chi connectivity index (χ4n) is 2.83. The van der Waals surface area contributed by atoms with E-state index in [-0.39, 0.29) is 24.3 Å². The van der Waals surface area contributed by atoms with Crippen LogP contribution in [0.2, 0.25) is 0 Å². The van der Waals surface area contributed by atoms with Gasteiger partial charge in [-0.1, -0.05) is 24.3 Å². The van der Waals surface area contributed by atoms with Gasteiger partial charge in [0.15, 0.2) is 0 Å². The maximum Gasteiger partial charge on any atom is 0.326 e. The van der Waals surface area contributed by atoms with E-state index >= 15 is 0 Å². The zero-order valence-electron chi connectivity index (χ0n) is 17.7. The van der Waals surface area contributed by atoms with Crippen molar-refractivity contribution in [2.75, 3.05) is 13.1 Å². The van der Waals surface area contributed by atoms with Gasteiger partial charge in [-0.15, -0.1) is 0 Å². The first-order chi connectivity index (χ1) is 15.6. The topological polar surface area (TPSA) is 191 Å². The third-order valence-corrected chi connectivity index (χ3v) is 4.61. The third-order valence-electron chi connectivity index (χ3n) is 4.61. The number of nitrogens with two attached hydrogens (primary N) is 1. The predicted octanol–water partition coefficient (Wildman–Crippen LogP) is -0.988. The molecule has 0 aliphatic carbocycles. The second kappa shape index (κ2) is 12.1. The largest absolute Gasteiger partial charge is 0.508 e. The van der Waals surface area contributed by atoms with Gasteiger partial charge in [0.1, 0.15) is 17.5 Å². The van der Waals surface area contributed by atoms with E-state index in [0.717, 1.165) is 5.56 Å². The van der Waals surface area contributed by atoms with E-state index in [0.29, 0.717) is 5.56 Å². The number of carbonyl (C=O) groups is 4. The van der Waals surface area contributed by atoms with Gasteiger partial charge in [-0.3, -0.25) is 14.4 Å². The first kappa shape index (κ1) is 25.1. The van der Waals surface area contributed by atoms with Gasteiger partial charge in [0.2, 0.25) is 17.7 Å². The van der Waals surface area contributed by atoms with Gasteiger partial charge in [0.05, 0.1) is 19.1 Å². The van der Waals surface area contributed by atoms with Gasteiger partial charge in [-0.25, -0.2) is 4.79 Å². The van der Waals surface area contributed by atoms with Crippen molar-refractivity contribution in [3.63, 3.8) is 0 Å². The molecular weight excluding hydrogens is 432 g/mol. The first-order valence-electron chi connectivity index (χ1n) is 10.0. The average molecular weight is 458 g/mol. The van der Waals surface area contributed by atoms with Gasteiger partial charge >= 0.3 is 5.97 Å². The number of carboxylic acid groups (broad SMARTS) is 1. The number of hydrogen-bond acceptors (Lipinski definition) is 7. The summed E-state index contributed by atoms with van der Waals surface area (Å²) in [6.45, 7) is -0.890. The van der Waals surface area contributed by atoms with E-state index in [2.05, 4.69) is 16.0 Å². The van der Waals surface area contributed by atoms with Crippen molar-refractivity contribution >= 4 is 23.7 Å². The lowest BCUT2D eigenvalue weighted by Gasteiger charge is -2.15. The highest BCUT2D eigenvalue weighted by Gasteiger charge is 2.21. The summed E-state index contributed by atoms with van der Waals surface area (Å²) >= 11 is 0. The second-order valence-corrected chi connectivity index (χ2v) is 7.30. The molecule has 2 atom stereocenters. The Bertz CT molecular complexity index is 977. The lowest BCUT2D eigenvalue weighted by molar-refractivity contribution is -0.141. The molecule has 3 amide bonds. The minimum Gasteiger partial charge on any atom is -0.508 e. The molecular formula is C22H26N4O7. The maximum absolute atomic E-state index is 12.0. The van der Waals surface area contributed by atoms with E-state index < -0.39 is 48.9 Å². The molecule has 2 aromatic carbocycles. The summed E-state index contributed by atoms with van der Waals surface area (Å²) < 4.78 is 0. The number of aromatic hydroxyl groups is 2. The fraction of sp³-hybridized carbons (Fsp3) is 0.273. The third kappa shape index (κ3) is 8.87. The molecule has 0 saturated heterocycles. The van der Waals surface area contributed by atoms with Crippen LogP contribution in [0.3, 0.4) is 0 Å². The quantitative estimate of drug-likeness (QED) is 0.223. The molecule has 0 spiro atoms. The number of phenolic OH excluding ortho intramolecular Hbond substituents is 2. The van der Waals surface area contributed by atoms with Gasteiger partial charge in [0, 0.05) is 6.42 Å². The van der Waals surface area contributed by atoms with Crippen LogP contribution in [0.4, 0.5) is 0 Å². The number of rotatable bonds is 11. The molecule has 11 nitrogen and oxygen atoms in total. The Morgan fingerprint density at radius 3 is 1.76 bits per heavy atom. The molecule has 0 saturated carbocycles. The first-order valence-corrected chi connectivity index (χ1v) is 10.0. The molecule has 0 aliphatic rings. The van der Waals surface area contributed by atoms with Crippen LogP contribution in [0.1, 0.15) is 11.1 Å². The second-order valence-electron chi connectivity index (χ2n) is 7.30. The SMILES string of the molecule is NC(Cc1ccc(O)cc1)C(=O)NCC(=O)NCC(=O)NC(Cc1ccc(O)cc1)C(=O)O. The molecule has 0 radical (unpaired) electrons. The van der Waals surface area contributed by atoms with Crippen molar-refractivity contribution < 1.29 is 34.5 Å². The van der Waals surface area contributed by atoms with Crippen molar-refractivity contribution in [3.8, 4) is 11.5 Å². The van der Waals surface area contributed by atoms with Crippen molar-refractivity contribution in [2.24, 2.45) is 5.73 Å². The molecule has 0 fully saturated rings. The molecule has 2 rings (SSSR count). The number of nitrogens with one attached hydrogen (secondary N) is 3. The summed E-state index contributed by atoms with van der Waals surface area (Å²) in [7, 11) is 0. The van der Waals surface area contributed by atoms with Crippen LogP contribution >= 0.6 is 0 Å². The Labute approximate surface area is 189 Å². The minimum atomic E-state index is -1.25. The number of benzene rings is 2. The molecule has 0 aliphatic heterocycles. The Kier molecular flexibility index (Phi) is 9.18. The number of carbonyl (C=O) groups excluding carboxylic acids is 3. The summed E-state index contributed by atoms with van der Waals surface area (Å²) in [5.41, 5.74) is 7.14. The zero-order chi connectivity index (χ0) is 24.4. The molecule has 11 heteroatoms. The zero-order valence-corrected chi connectivity index (χ0v) is 17.7. The predicted molar refractivity (Wildman–Crippen MR) is 117 cm³/mol. The normalized spacial score (nSPS) is 12.3. The highest BCUT2D eigenvalue weighted by atomic mass is 16.4. The Balaban J connectivity index is 1.73. The van der Waals surface area contributed by atoms with Crippen LogP contribution in [0.15, 0.2) is 48.5 Å². The van der Waals surface area contributed by atoms with E-state index in [9.17, 15) is 34.5 Å². The number of aliphatic carboxylic acids is 1. The Morgan fingerprint density at radius 1 is 0.758 bits per heavy atom. The monoisotopic (exact) mass is 458 g/mol. The lowest BCUT2D eigenvalue weighted by Crippen LogP contribution is -2.49. The van der Waals surface area contributed by atoms with E-state index in [1.807, 2.05) is 0 Å².